The lowest BCUT2D eigenvalue weighted by atomic mass is 10.3. The van der Waals surface area contributed by atoms with Gasteiger partial charge in [0.05, 0.1) is 11.9 Å². The van der Waals surface area contributed by atoms with Gasteiger partial charge in [-0.05, 0) is 18.6 Å². The first-order valence-corrected chi connectivity index (χ1v) is 5.33. The Morgan fingerprint density at radius 2 is 2.35 bits per heavy atom. The molecule has 0 amide bonds. The van der Waals surface area contributed by atoms with Crippen LogP contribution in [0.25, 0.3) is 0 Å². The summed E-state index contributed by atoms with van der Waals surface area (Å²) in [5, 5.41) is 11.4. The van der Waals surface area contributed by atoms with E-state index >= 15 is 0 Å². The number of rotatable bonds is 6. The zero-order valence-electron chi connectivity index (χ0n) is 10.1. The highest BCUT2D eigenvalue weighted by Crippen LogP contribution is 2.11. The van der Waals surface area contributed by atoms with E-state index in [9.17, 15) is 0 Å². The van der Waals surface area contributed by atoms with Crippen molar-refractivity contribution in [1.29, 1.82) is 0 Å². The molecule has 1 aromatic rings. The molecule has 0 radical (unpaired) electrons. The third kappa shape index (κ3) is 3.92. The maximum Gasteiger partial charge on any atom is 0.188 e. The summed E-state index contributed by atoms with van der Waals surface area (Å²) < 4.78 is 4.99. The van der Waals surface area contributed by atoms with Gasteiger partial charge in [0.15, 0.2) is 5.84 Å². The van der Waals surface area contributed by atoms with Gasteiger partial charge in [-0.15, -0.1) is 0 Å². The van der Waals surface area contributed by atoms with Gasteiger partial charge in [0, 0.05) is 27.3 Å². The standard InChI is InChI=1S/C11H18N4O2/c1-15(6-3-7-17-2)9-4-5-10(13-8-9)11(12)14-16/h4-5,8,16H,3,6-7H2,1-2H3,(H2,12,14). The third-order valence-corrected chi connectivity index (χ3v) is 2.40. The molecular weight excluding hydrogens is 220 g/mol. The Bertz CT molecular complexity index is 364. The molecule has 94 valence electrons. The summed E-state index contributed by atoms with van der Waals surface area (Å²) in [5.41, 5.74) is 6.87. The molecule has 0 atom stereocenters. The average molecular weight is 238 g/mol. The van der Waals surface area contributed by atoms with Crippen molar-refractivity contribution in [1.82, 2.24) is 4.98 Å². The number of methoxy groups -OCH3 is 1. The molecule has 0 aliphatic rings. The number of nitrogens with zero attached hydrogens (tertiary/aromatic N) is 3. The van der Waals surface area contributed by atoms with Crippen LogP contribution < -0.4 is 10.6 Å². The Balaban J connectivity index is 2.61. The number of oxime groups is 1. The van der Waals surface area contributed by atoms with Crippen molar-refractivity contribution in [2.75, 3.05) is 32.2 Å². The molecule has 1 heterocycles. The second-order valence-electron chi connectivity index (χ2n) is 3.65. The molecule has 1 rings (SSSR count). The Labute approximate surface area is 101 Å². The lowest BCUT2D eigenvalue weighted by Gasteiger charge is -2.18. The largest absolute Gasteiger partial charge is 0.409 e. The number of hydrogen-bond acceptors (Lipinski definition) is 5. The normalized spacial score (nSPS) is 11.5. The van der Waals surface area contributed by atoms with E-state index in [1.54, 1.807) is 19.4 Å². The molecule has 0 saturated carbocycles. The zero-order valence-corrected chi connectivity index (χ0v) is 10.1. The van der Waals surface area contributed by atoms with Crippen LogP contribution in [0.2, 0.25) is 0 Å². The highest BCUT2D eigenvalue weighted by Gasteiger charge is 2.04. The molecule has 1 aromatic heterocycles. The first-order valence-electron chi connectivity index (χ1n) is 5.33. The molecule has 0 unspecified atom stereocenters. The van der Waals surface area contributed by atoms with Crippen LogP contribution in [0.4, 0.5) is 5.69 Å². The fourth-order valence-corrected chi connectivity index (χ4v) is 1.39. The van der Waals surface area contributed by atoms with E-state index < -0.39 is 0 Å². The molecule has 0 spiro atoms. The second-order valence-corrected chi connectivity index (χ2v) is 3.65. The highest BCUT2D eigenvalue weighted by atomic mass is 16.5. The van der Waals surface area contributed by atoms with Crippen LogP contribution in [0.3, 0.4) is 0 Å². The monoisotopic (exact) mass is 238 g/mol. The Morgan fingerprint density at radius 3 is 2.88 bits per heavy atom. The SMILES string of the molecule is COCCCN(C)c1ccc(/C(N)=N/O)nc1. The molecule has 3 N–H and O–H groups in total. The molecule has 0 aliphatic carbocycles. The number of amidine groups is 1. The minimum atomic E-state index is 0.0126. The van der Waals surface area contributed by atoms with Crippen molar-refractivity contribution in [3.63, 3.8) is 0 Å². The summed E-state index contributed by atoms with van der Waals surface area (Å²) in [5.74, 6) is 0.0126. The van der Waals surface area contributed by atoms with E-state index in [1.165, 1.54) is 0 Å². The van der Waals surface area contributed by atoms with E-state index in [1.807, 2.05) is 13.1 Å². The van der Waals surface area contributed by atoms with Crippen molar-refractivity contribution in [3.05, 3.63) is 24.0 Å². The third-order valence-electron chi connectivity index (χ3n) is 2.40. The maximum absolute atomic E-state index is 8.51. The van der Waals surface area contributed by atoms with E-state index in [-0.39, 0.29) is 5.84 Å². The summed E-state index contributed by atoms with van der Waals surface area (Å²) >= 11 is 0. The zero-order chi connectivity index (χ0) is 12.7. The highest BCUT2D eigenvalue weighted by molar-refractivity contribution is 5.95. The van der Waals surface area contributed by atoms with Crippen LogP contribution >= 0.6 is 0 Å². The predicted octanol–water partition coefficient (Wildman–Crippen LogP) is 0.649. The van der Waals surface area contributed by atoms with Crippen molar-refractivity contribution < 1.29 is 9.94 Å². The Kier molecular flexibility index (Phi) is 5.22. The van der Waals surface area contributed by atoms with Crippen LogP contribution in [0.5, 0.6) is 0 Å². The molecule has 0 aliphatic heterocycles. The molecule has 0 fully saturated rings. The number of hydrogen-bond donors (Lipinski definition) is 2. The van der Waals surface area contributed by atoms with Crippen LogP contribution in [0, 0.1) is 0 Å². The smallest absolute Gasteiger partial charge is 0.188 e. The van der Waals surface area contributed by atoms with Crippen LogP contribution in [0.1, 0.15) is 12.1 Å². The van der Waals surface area contributed by atoms with Gasteiger partial charge < -0.3 is 20.6 Å². The molecule has 6 heteroatoms. The first kappa shape index (κ1) is 13.2. The lowest BCUT2D eigenvalue weighted by molar-refractivity contribution is 0.196. The summed E-state index contributed by atoms with van der Waals surface area (Å²) in [6.45, 7) is 1.62. The van der Waals surface area contributed by atoms with E-state index in [2.05, 4.69) is 15.0 Å². The van der Waals surface area contributed by atoms with Gasteiger partial charge in [0.25, 0.3) is 0 Å². The van der Waals surface area contributed by atoms with Gasteiger partial charge in [0.2, 0.25) is 0 Å². The molecular formula is C11H18N4O2. The van der Waals surface area contributed by atoms with Gasteiger partial charge in [-0.3, -0.25) is 4.98 Å². The fraction of sp³-hybridized carbons (Fsp3) is 0.455. The van der Waals surface area contributed by atoms with Crippen molar-refractivity contribution in [2.45, 2.75) is 6.42 Å². The Hall–Kier alpha value is -1.82. The molecule has 17 heavy (non-hydrogen) atoms. The molecule has 6 nitrogen and oxygen atoms in total. The second kappa shape index (κ2) is 6.70. The van der Waals surface area contributed by atoms with Gasteiger partial charge in [-0.1, -0.05) is 5.16 Å². The maximum atomic E-state index is 8.51. The number of pyridine rings is 1. The van der Waals surface area contributed by atoms with Gasteiger partial charge in [-0.2, -0.15) is 0 Å². The van der Waals surface area contributed by atoms with Gasteiger partial charge in [-0.25, -0.2) is 0 Å². The number of aromatic nitrogens is 1. The predicted molar refractivity (Wildman–Crippen MR) is 66.5 cm³/mol. The van der Waals surface area contributed by atoms with E-state index in [0.29, 0.717) is 5.69 Å². The minimum absolute atomic E-state index is 0.0126. The first-order chi connectivity index (χ1) is 8.19. The fourth-order valence-electron chi connectivity index (χ4n) is 1.39. The topological polar surface area (TPSA) is 84.0 Å². The minimum Gasteiger partial charge on any atom is -0.409 e. The number of nitrogens with two attached hydrogens (primary N) is 1. The summed E-state index contributed by atoms with van der Waals surface area (Å²) in [6.07, 6.45) is 2.65. The number of anilines is 1. The van der Waals surface area contributed by atoms with E-state index in [4.69, 9.17) is 15.7 Å². The molecule has 0 saturated heterocycles. The van der Waals surface area contributed by atoms with Crippen LogP contribution in [-0.2, 0) is 4.74 Å². The molecule has 0 bridgehead atoms. The molecule has 0 aromatic carbocycles. The Morgan fingerprint density at radius 1 is 1.59 bits per heavy atom. The number of ether oxygens (including phenoxy) is 1. The van der Waals surface area contributed by atoms with Crippen LogP contribution in [-0.4, -0.2) is 43.3 Å². The lowest BCUT2D eigenvalue weighted by Crippen LogP contribution is -2.21. The quantitative estimate of drug-likeness (QED) is 0.250. The van der Waals surface area contributed by atoms with Crippen LogP contribution in [0.15, 0.2) is 23.5 Å². The van der Waals surface area contributed by atoms with Crippen molar-refractivity contribution in [2.24, 2.45) is 10.9 Å². The average Bonchev–Trinajstić information content (AvgIpc) is 2.38. The van der Waals surface area contributed by atoms with Crippen molar-refractivity contribution >= 4 is 11.5 Å². The van der Waals surface area contributed by atoms with E-state index in [0.717, 1.165) is 25.3 Å². The van der Waals surface area contributed by atoms with Gasteiger partial charge in [0.1, 0.15) is 5.69 Å². The van der Waals surface area contributed by atoms with Crippen molar-refractivity contribution in [3.8, 4) is 0 Å². The van der Waals surface area contributed by atoms with Gasteiger partial charge >= 0.3 is 0 Å². The summed E-state index contributed by atoms with van der Waals surface area (Å²) in [7, 11) is 3.67. The summed E-state index contributed by atoms with van der Waals surface area (Å²) in [6, 6.07) is 3.60. The summed E-state index contributed by atoms with van der Waals surface area (Å²) in [4.78, 5) is 6.18.